The molecule has 7 nitrogen and oxygen atoms in total. The molecule has 2 heterocycles. The van der Waals surface area contributed by atoms with Crippen molar-refractivity contribution >= 4 is 11.8 Å². The Labute approximate surface area is 253 Å². The van der Waals surface area contributed by atoms with Crippen LogP contribution in [-0.4, -0.2) is 26.6 Å². The van der Waals surface area contributed by atoms with Crippen LogP contribution in [0.15, 0.2) is 54.7 Å². The molecule has 3 N–H and O–H groups in total. The van der Waals surface area contributed by atoms with Crippen molar-refractivity contribution in [2.45, 2.75) is 57.3 Å². The zero-order valence-electron chi connectivity index (χ0n) is 23.7. The number of carbonyl (C=O) groups excluding carboxylic acids is 2. The molecular formula is C32H27F6N5O2. The van der Waals surface area contributed by atoms with E-state index < -0.39 is 53.7 Å². The second kappa shape index (κ2) is 11.4. The van der Waals surface area contributed by atoms with E-state index in [1.165, 1.54) is 18.3 Å². The molecule has 234 valence electrons. The Morgan fingerprint density at radius 1 is 1.02 bits per heavy atom. The highest BCUT2D eigenvalue weighted by molar-refractivity contribution is 5.94. The number of aromatic nitrogens is 3. The maximum atomic E-state index is 14.3. The fourth-order valence-corrected chi connectivity index (χ4v) is 6.17. The van der Waals surface area contributed by atoms with Gasteiger partial charge in [0.1, 0.15) is 24.0 Å². The van der Waals surface area contributed by atoms with Crippen molar-refractivity contribution in [2.75, 3.05) is 0 Å². The predicted octanol–water partition coefficient (Wildman–Crippen LogP) is 5.85. The minimum Gasteiger partial charge on any atom is -0.366 e. The Morgan fingerprint density at radius 3 is 2.42 bits per heavy atom. The van der Waals surface area contributed by atoms with Gasteiger partial charge in [-0.25, -0.2) is 13.2 Å². The van der Waals surface area contributed by atoms with Gasteiger partial charge >= 0.3 is 6.18 Å². The summed E-state index contributed by atoms with van der Waals surface area (Å²) in [6.07, 6.45) is -0.382. The molecule has 6 rings (SSSR count). The quantitative estimate of drug-likeness (QED) is 0.239. The summed E-state index contributed by atoms with van der Waals surface area (Å²) in [7, 11) is 0. The third-order valence-electron chi connectivity index (χ3n) is 8.54. The molecule has 4 aromatic rings. The molecular weight excluding hydrogens is 600 g/mol. The summed E-state index contributed by atoms with van der Waals surface area (Å²) < 4.78 is 85.3. The SMILES string of the molecule is NC(=O)c1cc(-c2cccnc2C(Cc2cc(F)cc(F)c2)NC(=O)Cn2nc(C(F)(F)F)c3c2CC2(CC3)CC2)ccc1F. The van der Waals surface area contributed by atoms with Crippen molar-refractivity contribution in [3.8, 4) is 11.1 Å². The first-order valence-electron chi connectivity index (χ1n) is 14.3. The van der Waals surface area contributed by atoms with E-state index >= 15 is 0 Å². The number of primary amides is 1. The smallest absolute Gasteiger partial charge is 0.366 e. The van der Waals surface area contributed by atoms with Crippen molar-refractivity contribution < 1.29 is 35.9 Å². The van der Waals surface area contributed by atoms with Crippen molar-refractivity contribution in [1.29, 1.82) is 0 Å². The zero-order chi connectivity index (χ0) is 32.1. The molecule has 0 saturated heterocycles. The lowest BCUT2D eigenvalue weighted by Crippen LogP contribution is -2.34. The van der Waals surface area contributed by atoms with Gasteiger partial charge < -0.3 is 11.1 Å². The summed E-state index contributed by atoms with van der Waals surface area (Å²) in [5.41, 5.74) is 5.42. The zero-order valence-corrected chi connectivity index (χ0v) is 23.7. The van der Waals surface area contributed by atoms with Gasteiger partial charge in [0, 0.05) is 29.1 Å². The van der Waals surface area contributed by atoms with Crippen LogP contribution in [0.2, 0.25) is 0 Å². The number of alkyl halides is 3. The largest absolute Gasteiger partial charge is 0.435 e. The lowest BCUT2D eigenvalue weighted by Gasteiger charge is -2.24. The molecule has 2 aromatic carbocycles. The number of hydrogen-bond donors (Lipinski definition) is 2. The molecule has 13 heteroatoms. The van der Waals surface area contributed by atoms with Crippen molar-refractivity contribution in [1.82, 2.24) is 20.1 Å². The van der Waals surface area contributed by atoms with Gasteiger partial charge in [0.2, 0.25) is 5.91 Å². The van der Waals surface area contributed by atoms with Gasteiger partial charge in [0.05, 0.1) is 17.3 Å². The number of carbonyl (C=O) groups is 2. The van der Waals surface area contributed by atoms with Crippen molar-refractivity contribution in [3.05, 3.63) is 106 Å². The molecule has 2 aromatic heterocycles. The number of benzene rings is 2. The molecule has 1 fully saturated rings. The van der Waals surface area contributed by atoms with Crippen molar-refractivity contribution in [2.24, 2.45) is 11.1 Å². The summed E-state index contributed by atoms with van der Waals surface area (Å²) in [5, 5.41) is 6.59. The van der Waals surface area contributed by atoms with Crippen molar-refractivity contribution in [3.63, 3.8) is 0 Å². The molecule has 2 aliphatic rings. The molecule has 1 atom stereocenters. The number of amides is 2. The van der Waals surface area contributed by atoms with Crippen LogP contribution in [0.3, 0.4) is 0 Å². The Morgan fingerprint density at radius 2 is 1.76 bits per heavy atom. The molecule has 0 bridgehead atoms. The number of pyridine rings is 1. The maximum absolute atomic E-state index is 14.3. The predicted molar refractivity (Wildman–Crippen MR) is 150 cm³/mol. The fourth-order valence-electron chi connectivity index (χ4n) is 6.17. The third kappa shape index (κ3) is 6.29. The van der Waals surface area contributed by atoms with Gasteiger partial charge in [-0.15, -0.1) is 0 Å². The van der Waals surface area contributed by atoms with Crippen LogP contribution < -0.4 is 11.1 Å². The standard InChI is InChI=1S/C32H27F6N5O2/c33-19-10-17(11-20(34)14-19)12-25(28-21(2-1-9-40-28)18-3-4-24(35)23(13-18)30(39)45)41-27(44)16-43-26-15-31(7-8-31)6-5-22(26)29(42-43)32(36,37)38/h1-4,9-11,13-14,25H,5-8,12,15-16H2,(H2,39,45)(H,41,44). The first-order valence-corrected chi connectivity index (χ1v) is 14.3. The Hall–Kier alpha value is -4.68. The summed E-state index contributed by atoms with van der Waals surface area (Å²) >= 11 is 0. The number of rotatable bonds is 8. The Bertz CT molecular complexity index is 1790. The van der Waals surface area contributed by atoms with Crippen LogP contribution in [0.4, 0.5) is 26.3 Å². The summed E-state index contributed by atoms with van der Waals surface area (Å²) in [6.45, 7) is -0.535. The molecule has 1 saturated carbocycles. The van der Waals surface area contributed by atoms with Crippen LogP contribution in [0.25, 0.3) is 11.1 Å². The minimum atomic E-state index is -4.69. The van der Waals surface area contributed by atoms with Crippen LogP contribution in [-0.2, 0) is 36.8 Å². The first kappa shape index (κ1) is 30.4. The summed E-state index contributed by atoms with van der Waals surface area (Å²) in [6, 6.07) is 8.62. The van der Waals surface area contributed by atoms with E-state index in [4.69, 9.17) is 5.73 Å². The third-order valence-corrected chi connectivity index (χ3v) is 8.54. The molecule has 2 aliphatic carbocycles. The summed E-state index contributed by atoms with van der Waals surface area (Å²) in [4.78, 5) is 29.8. The van der Waals surface area contributed by atoms with Crippen LogP contribution in [0.5, 0.6) is 0 Å². The Balaban J connectivity index is 1.36. The van der Waals surface area contributed by atoms with E-state index in [1.807, 2.05) is 0 Å². The molecule has 0 radical (unpaired) electrons. The van der Waals surface area contributed by atoms with Crippen LogP contribution >= 0.6 is 0 Å². The number of halogens is 6. The number of nitrogens with one attached hydrogen (secondary N) is 1. The number of nitrogens with two attached hydrogens (primary N) is 1. The topological polar surface area (TPSA) is 103 Å². The first-order chi connectivity index (χ1) is 21.3. The highest BCUT2D eigenvalue weighted by atomic mass is 19.4. The van der Waals surface area contributed by atoms with E-state index in [0.717, 1.165) is 35.7 Å². The van der Waals surface area contributed by atoms with E-state index in [0.29, 0.717) is 35.7 Å². The number of fused-ring (bicyclic) bond motifs is 1. The van der Waals surface area contributed by atoms with Gasteiger partial charge in [-0.05, 0) is 85.4 Å². The molecule has 1 unspecified atom stereocenters. The monoisotopic (exact) mass is 627 g/mol. The van der Waals surface area contributed by atoms with Crippen LogP contribution in [0.1, 0.15) is 63.9 Å². The van der Waals surface area contributed by atoms with Gasteiger partial charge in [0.15, 0.2) is 5.69 Å². The lowest BCUT2D eigenvalue weighted by molar-refractivity contribution is -0.142. The maximum Gasteiger partial charge on any atom is 0.435 e. The highest BCUT2D eigenvalue weighted by Gasteiger charge is 2.49. The second-order valence-electron chi connectivity index (χ2n) is 11.7. The molecule has 1 spiro atoms. The van der Waals surface area contributed by atoms with E-state index in [9.17, 15) is 35.9 Å². The lowest BCUT2D eigenvalue weighted by atomic mass is 9.84. The summed E-state index contributed by atoms with van der Waals surface area (Å²) in [5.74, 6) is -4.25. The van der Waals surface area contributed by atoms with E-state index in [1.54, 1.807) is 12.1 Å². The highest BCUT2D eigenvalue weighted by Crippen LogP contribution is 2.55. The number of hydrogen-bond acceptors (Lipinski definition) is 4. The van der Waals surface area contributed by atoms with Gasteiger partial charge in [-0.3, -0.25) is 19.3 Å². The normalized spacial score (nSPS) is 15.9. The van der Waals surface area contributed by atoms with E-state index in [-0.39, 0.29) is 40.6 Å². The Kier molecular flexibility index (Phi) is 7.66. The second-order valence-corrected chi connectivity index (χ2v) is 11.7. The molecule has 2 amide bonds. The average molecular weight is 628 g/mol. The van der Waals surface area contributed by atoms with Gasteiger partial charge in [-0.2, -0.15) is 18.3 Å². The van der Waals surface area contributed by atoms with E-state index in [2.05, 4.69) is 15.4 Å². The molecule has 45 heavy (non-hydrogen) atoms. The van der Waals surface area contributed by atoms with Gasteiger partial charge in [-0.1, -0.05) is 12.1 Å². The number of nitrogens with zero attached hydrogens (tertiary/aromatic N) is 3. The van der Waals surface area contributed by atoms with Crippen LogP contribution in [0, 0.1) is 22.9 Å². The molecule has 0 aliphatic heterocycles. The fraction of sp³-hybridized carbons (Fsp3) is 0.312. The minimum absolute atomic E-state index is 0.0596. The average Bonchev–Trinajstić information content (AvgIpc) is 3.62. The van der Waals surface area contributed by atoms with Gasteiger partial charge in [0.25, 0.3) is 5.91 Å².